The third-order valence-corrected chi connectivity index (χ3v) is 4.93. The molecule has 0 aliphatic rings. The quantitative estimate of drug-likeness (QED) is 0.748. The molecule has 27 heavy (non-hydrogen) atoms. The number of nitrogens with one attached hydrogen (secondary N) is 1. The van der Waals surface area contributed by atoms with Crippen LogP contribution >= 0.6 is 0 Å². The summed E-state index contributed by atoms with van der Waals surface area (Å²) in [4.78, 5) is 14.3. The van der Waals surface area contributed by atoms with Gasteiger partial charge in [0, 0.05) is 25.5 Å². The number of carbonyl (C=O) groups excluding carboxylic acids is 1. The largest absolute Gasteiger partial charge is 0.494 e. The Morgan fingerprint density at radius 3 is 2.04 bits per heavy atom. The van der Waals surface area contributed by atoms with Gasteiger partial charge in [0.25, 0.3) is 0 Å². The van der Waals surface area contributed by atoms with E-state index in [1.807, 2.05) is 25.9 Å². The minimum Gasteiger partial charge on any atom is -0.494 e. The minimum absolute atomic E-state index is 0.312. The zero-order valence-electron chi connectivity index (χ0n) is 16.0. The molecule has 0 radical (unpaired) electrons. The molecule has 7 nitrogen and oxygen atoms in total. The van der Waals surface area contributed by atoms with Crippen LogP contribution in [0.2, 0.25) is 0 Å². The molecule has 2 aromatic rings. The van der Waals surface area contributed by atoms with Crippen molar-refractivity contribution < 1.29 is 17.9 Å². The van der Waals surface area contributed by atoms with Crippen LogP contribution in [0.1, 0.15) is 6.92 Å². The molecular weight excluding hydrogens is 366 g/mol. The second-order valence-corrected chi connectivity index (χ2v) is 8.09. The molecule has 0 saturated heterocycles. The molecule has 0 spiro atoms. The zero-order chi connectivity index (χ0) is 20.0. The van der Waals surface area contributed by atoms with E-state index >= 15 is 0 Å². The molecule has 0 bridgehead atoms. The number of anilines is 3. The van der Waals surface area contributed by atoms with Gasteiger partial charge in [-0.1, -0.05) is 0 Å². The lowest BCUT2D eigenvalue weighted by Gasteiger charge is -2.23. The van der Waals surface area contributed by atoms with Gasteiger partial charge in [-0.3, -0.25) is 9.10 Å². The summed E-state index contributed by atoms with van der Waals surface area (Å²) in [6, 6.07) is 13.9. The molecule has 1 amide bonds. The summed E-state index contributed by atoms with van der Waals surface area (Å²) in [6.07, 6.45) is 1.08. The van der Waals surface area contributed by atoms with Crippen LogP contribution < -0.4 is 19.3 Å². The van der Waals surface area contributed by atoms with E-state index in [0.29, 0.717) is 23.7 Å². The van der Waals surface area contributed by atoms with Crippen LogP contribution in [0.5, 0.6) is 5.75 Å². The lowest BCUT2D eigenvalue weighted by atomic mass is 10.2. The molecule has 0 saturated carbocycles. The molecule has 0 heterocycles. The fourth-order valence-corrected chi connectivity index (χ4v) is 3.31. The Bertz CT molecular complexity index is 863. The van der Waals surface area contributed by atoms with E-state index < -0.39 is 15.9 Å². The molecular formula is C19H25N3O4S. The maximum atomic E-state index is 12.4. The fraction of sp³-hybridized carbons (Fsp3) is 0.316. The predicted molar refractivity (Wildman–Crippen MR) is 109 cm³/mol. The van der Waals surface area contributed by atoms with Gasteiger partial charge in [-0.25, -0.2) is 8.42 Å². The molecule has 0 unspecified atom stereocenters. The van der Waals surface area contributed by atoms with Crippen LogP contribution in [0.3, 0.4) is 0 Å². The molecule has 8 heteroatoms. The normalized spacial score (nSPS) is 11.0. The van der Waals surface area contributed by atoms with Gasteiger partial charge < -0.3 is 15.0 Å². The van der Waals surface area contributed by atoms with Crippen molar-refractivity contribution in [2.75, 3.05) is 48.0 Å². The standard InChI is InChI=1S/C19H25N3O4S/c1-5-26-18-12-6-15(7-13-18)20-19(23)14-22(27(4,24)25)17-10-8-16(9-11-17)21(2)3/h6-13H,5,14H2,1-4H3,(H,20,23). The van der Waals surface area contributed by atoms with Gasteiger partial charge in [-0.2, -0.15) is 0 Å². The third kappa shape index (κ3) is 5.89. The first-order chi connectivity index (χ1) is 12.7. The van der Waals surface area contributed by atoms with Gasteiger partial charge in [0.2, 0.25) is 15.9 Å². The molecule has 1 N–H and O–H groups in total. The topological polar surface area (TPSA) is 79.0 Å². The number of carbonyl (C=O) groups is 1. The van der Waals surface area contributed by atoms with Crippen molar-refractivity contribution in [2.45, 2.75) is 6.92 Å². The Kier molecular flexibility index (Phi) is 6.68. The van der Waals surface area contributed by atoms with Crippen LogP contribution in [0.15, 0.2) is 48.5 Å². The van der Waals surface area contributed by atoms with Gasteiger partial charge in [0.15, 0.2) is 0 Å². The van der Waals surface area contributed by atoms with Gasteiger partial charge in [-0.05, 0) is 55.5 Å². The Hall–Kier alpha value is -2.74. The molecule has 0 fully saturated rings. The average Bonchev–Trinajstić information content (AvgIpc) is 2.61. The van der Waals surface area contributed by atoms with E-state index in [4.69, 9.17) is 4.74 Å². The van der Waals surface area contributed by atoms with Crippen molar-refractivity contribution >= 4 is 33.0 Å². The second-order valence-electron chi connectivity index (χ2n) is 6.19. The Morgan fingerprint density at radius 2 is 1.56 bits per heavy atom. The van der Waals surface area contributed by atoms with E-state index in [1.54, 1.807) is 48.5 Å². The summed E-state index contributed by atoms with van der Waals surface area (Å²) in [7, 11) is 0.179. The Labute approximate surface area is 160 Å². The number of hydrogen-bond acceptors (Lipinski definition) is 5. The third-order valence-electron chi connectivity index (χ3n) is 3.79. The van der Waals surface area contributed by atoms with Gasteiger partial charge in [0.05, 0.1) is 18.6 Å². The highest BCUT2D eigenvalue weighted by Gasteiger charge is 2.21. The van der Waals surface area contributed by atoms with E-state index in [-0.39, 0.29) is 6.54 Å². The average molecular weight is 391 g/mol. The summed E-state index contributed by atoms with van der Waals surface area (Å²) in [5.74, 6) is 0.274. The Morgan fingerprint density at radius 1 is 1.00 bits per heavy atom. The molecule has 0 atom stereocenters. The molecule has 2 rings (SSSR count). The maximum absolute atomic E-state index is 12.4. The van der Waals surface area contributed by atoms with Crippen molar-refractivity contribution in [1.82, 2.24) is 0 Å². The van der Waals surface area contributed by atoms with Crippen molar-refractivity contribution in [2.24, 2.45) is 0 Å². The summed E-state index contributed by atoms with van der Waals surface area (Å²) in [5.41, 5.74) is 1.94. The fourth-order valence-electron chi connectivity index (χ4n) is 2.45. The van der Waals surface area contributed by atoms with E-state index in [1.165, 1.54) is 0 Å². The molecule has 0 aromatic heterocycles. The van der Waals surface area contributed by atoms with Crippen LogP contribution in [0.25, 0.3) is 0 Å². The van der Waals surface area contributed by atoms with E-state index in [0.717, 1.165) is 16.2 Å². The number of amides is 1. The van der Waals surface area contributed by atoms with Gasteiger partial charge in [-0.15, -0.1) is 0 Å². The predicted octanol–water partition coefficient (Wildman–Crippen LogP) is 2.56. The number of rotatable bonds is 8. The highest BCUT2D eigenvalue weighted by atomic mass is 32.2. The first-order valence-electron chi connectivity index (χ1n) is 8.48. The van der Waals surface area contributed by atoms with Crippen molar-refractivity contribution in [1.29, 1.82) is 0 Å². The summed E-state index contributed by atoms with van der Waals surface area (Å²) in [5, 5.41) is 2.70. The van der Waals surface area contributed by atoms with E-state index in [9.17, 15) is 13.2 Å². The number of ether oxygens (including phenoxy) is 1. The summed E-state index contributed by atoms with van der Waals surface area (Å²) >= 11 is 0. The number of sulfonamides is 1. The molecule has 146 valence electrons. The first kappa shape index (κ1) is 20.6. The highest BCUT2D eigenvalue weighted by molar-refractivity contribution is 7.92. The SMILES string of the molecule is CCOc1ccc(NC(=O)CN(c2ccc(N(C)C)cc2)S(C)(=O)=O)cc1. The molecule has 0 aliphatic heterocycles. The zero-order valence-corrected chi connectivity index (χ0v) is 16.8. The number of nitrogens with zero attached hydrogens (tertiary/aromatic N) is 2. The van der Waals surface area contributed by atoms with E-state index in [2.05, 4.69) is 5.32 Å². The minimum atomic E-state index is -3.61. The van der Waals surface area contributed by atoms with Crippen LogP contribution in [0, 0.1) is 0 Å². The number of hydrogen-bond donors (Lipinski definition) is 1. The lowest BCUT2D eigenvalue weighted by molar-refractivity contribution is -0.114. The lowest BCUT2D eigenvalue weighted by Crippen LogP contribution is -2.37. The first-order valence-corrected chi connectivity index (χ1v) is 10.3. The van der Waals surface area contributed by atoms with Crippen LogP contribution in [-0.4, -0.2) is 47.8 Å². The molecule has 0 aliphatic carbocycles. The van der Waals surface area contributed by atoms with Crippen molar-refractivity contribution in [3.8, 4) is 5.75 Å². The van der Waals surface area contributed by atoms with Gasteiger partial charge in [0.1, 0.15) is 12.3 Å². The van der Waals surface area contributed by atoms with Gasteiger partial charge >= 0.3 is 0 Å². The smallest absolute Gasteiger partial charge is 0.245 e. The second kappa shape index (κ2) is 8.77. The summed E-state index contributed by atoms with van der Waals surface area (Å²) < 4.78 is 30.8. The van der Waals surface area contributed by atoms with Crippen LogP contribution in [0.4, 0.5) is 17.1 Å². The monoisotopic (exact) mass is 391 g/mol. The highest BCUT2D eigenvalue weighted by Crippen LogP contribution is 2.22. The Balaban J connectivity index is 2.12. The van der Waals surface area contributed by atoms with Crippen LogP contribution in [-0.2, 0) is 14.8 Å². The van der Waals surface area contributed by atoms with Crippen molar-refractivity contribution in [3.05, 3.63) is 48.5 Å². The van der Waals surface area contributed by atoms with Crippen molar-refractivity contribution in [3.63, 3.8) is 0 Å². The number of benzene rings is 2. The molecule has 2 aromatic carbocycles. The summed E-state index contributed by atoms with van der Waals surface area (Å²) in [6.45, 7) is 2.13. The maximum Gasteiger partial charge on any atom is 0.245 e.